The van der Waals surface area contributed by atoms with E-state index in [4.69, 9.17) is 4.74 Å². The van der Waals surface area contributed by atoms with Crippen molar-refractivity contribution in [1.82, 2.24) is 10.2 Å². The molecule has 1 saturated heterocycles. The number of nitrogens with one attached hydrogen (secondary N) is 2. The molecule has 7 nitrogen and oxygen atoms in total. The molecule has 0 unspecified atom stereocenters. The van der Waals surface area contributed by atoms with Gasteiger partial charge in [0.2, 0.25) is 5.91 Å². The van der Waals surface area contributed by atoms with Crippen LogP contribution < -0.4 is 10.6 Å². The van der Waals surface area contributed by atoms with Crippen LogP contribution in [0.2, 0.25) is 0 Å². The summed E-state index contributed by atoms with van der Waals surface area (Å²) >= 11 is 1.11. The highest BCUT2D eigenvalue weighted by Crippen LogP contribution is 2.39. The summed E-state index contributed by atoms with van der Waals surface area (Å²) in [6.07, 6.45) is 3.65. The Morgan fingerprint density at radius 3 is 2.73 bits per heavy atom. The number of ether oxygens (including phenoxy) is 1. The highest BCUT2D eigenvalue weighted by molar-refractivity contribution is 7.18. The van der Waals surface area contributed by atoms with Gasteiger partial charge in [-0.15, -0.1) is 11.3 Å². The van der Waals surface area contributed by atoms with Crippen molar-refractivity contribution in [2.45, 2.75) is 39.2 Å². The molecule has 2 N–H and O–H groups in total. The molecule has 2 fully saturated rings. The molecule has 2 amide bonds. The van der Waals surface area contributed by atoms with Gasteiger partial charge in [-0.25, -0.2) is 4.79 Å². The summed E-state index contributed by atoms with van der Waals surface area (Å²) in [4.78, 5) is 39.5. The quantitative estimate of drug-likeness (QED) is 0.739. The molecule has 2 heterocycles. The SMILES string of the molecule is CCOC(=O)c1c(NC(=O)CN2C[C@@H]3CCC[C@H]32)sc(C(=O)NC)c1C. The molecular formula is C18H25N3O4S. The molecule has 0 bridgehead atoms. The van der Waals surface area contributed by atoms with Crippen LogP contribution in [0.15, 0.2) is 0 Å². The summed E-state index contributed by atoms with van der Waals surface area (Å²) in [6.45, 7) is 4.93. The van der Waals surface area contributed by atoms with Crippen molar-refractivity contribution >= 4 is 34.1 Å². The average molecular weight is 379 g/mol. The van der Waals surface area contributed by atoms with E-state index in [1.54, 1.807) is 13.8 Å². The standard InChI is InChI=1S/C18H25N3O4S/c1-4-25-18(24)14-10(2)15(16(23)19-3)26-17(14)20-13(22)9-21-8-11-6-5-7-12(11)21/h11-12H,4-9H2,1-3H3,(H,19,23)(H,20,22)/t11-,12+/m0/s1. The van der Waals surface area contributed by atoms with Crippen LogP contribution in [0.3, 0.4) is 0 Å². The summed E-state index contributed by atoms with van der Waals surface area (Å²) in [5, 5.41) is 5.77. The van der Waals surface area contributed by atoms with E-state index >= 15 is 0 Å². The number of esters is 1. The zero-order chi connectivity index (χ0) is 18.8. The highest BCUT2D eigenvalue weighted by Gasteiger charge is 2.42. The monoisotopic (exact) mass is 379 g/mol. The lowest BCUT2D eigenvalue weighted by Gasteiger charge is -2.44. The predicted molar refractivity (Wildman–Crippen MR) is 99.7 cm³/mol. The Morgan fingerprint density at radius 1 is 1.31 bits per heavy atom. The molecule has 1 aliphatic carbocycles. The minimum Gasteiger partial charge on any atom is -0.462 e. The largest absolute Gasteiger partial charge is 0.462 e. The third-order valence-corrected chi connectivity index (χ3v) is 6.42. The van der Waals surface area contributed by atoms with E-state index in [9.17, 15) is 14.4 Å². The fourth-order valence-electron chi connectivity index (χ4n) is 3.92. The van der Waals surface area contributed by atoms with Gasteiger partial charge >= 0.3 is 5.97 Å². The number of anilines is 1. The van der Waals surface area contributed by atoms with Crippen LogP contribution in [0, 0.1) is 12.8 Å². The second-order valence-electron chi connectivity index (χ2n) is 6.80. The maximum Gasteiger partial charge on any atom is 0.341 e. The number of nitrogens with zero attached hydrogens (tertiary/aromatic N) is 1. The first-order valence-corrected chi connectivity index (χ1v) is 9.84. The molecule has 2 aliphatic rings. The van der Waals surface area contributed by atoms with Gasteiger partial charge in [0.1, 0.15) is 5.00 Å². The molecule has 142 valence electrons. The molecular weight excluding hydrogens is 354 g/mol. The third kappa shape index (κ3) is 3.48. The molecule has 26 heavy (non-hydrogen) atoms. The summed E-state index contributed by atoms with van der Waals surface area (Å²) in [5.74, 6) is -0.228. The molecule has 0 spiro atoms. The van der Waals surface area contributed by atoms with Crippen LogP contribution in [0.5, 0.6) is 0 Å². The Balaban J connectivity index is 1.75. The first-order valence-electron chi connectivity index (χ1n) is 9.02. The van der Waals surface area contributed by atoms with Gasteiger partial charge in [-0.2, -0.15) is 0 Å². The second kappa shape index (κ2) is 7.75. The molecule has 1 aromatic heterocycles. The van der Waals surface area contributed by atoms with Crippen molar-refractivity contribution in [3.63, 3.8) is 0 Å². The van der Waals surface area contributed by atoms with Crippen LogP contribution in [0.1, 0.15) is 51.8 Å². The predicted octanol–water partition coefficient (Wildman–Crippen LogP) is 2.02. The maximum absolute atomic E-state index is 12.5. The van der Waals surface area contributed by atoms with Crippen molar-refractivity contribution in [2.24, 2.45) is 5.92 Å². The Labute approximate surface area is 157 Å². The van der Waals surface area contributed by atoms with Gasteiger partial charge in [-0.3, -0.25) is 14.5 Å². The van der Waals surface area contributed by atoms with Crippen LogP contribution in [0.4, 0.5) is 5.00 Å². The fraction of sp³-hybridized carbons (Fsp3) is 0.611. The van der Waals surface area contributed by atoms with Crippen molar-refractivity contribution in [3.8, 4) is 0 Å². The molecule has 8 heteroatoms. The number of rotatable bonds is 6. The normalized spacial score (nSPS) is 21.7. The minimum atomic E-state index is -0.522. The van der Waals surface area contributed by atoms with E-state index in [0.717, 1.165) is 30.2 Å². The minimum absolute atomic E-state index is 0.161. The Morgan fingerprint density at radius 2 is 2.08 bits per heavy atom. The van der Waals surface area contributed by atoms with E-state index in [-0.39, 0.29) is 24.0 Å². The van der Waals surface area contributed by atoms with Gasteiger partial charge in [0.05, 0.1) is 23.6 Å². The smallest absolute Gasteiger partial charge is 0.341 e. The highest BCUT2D eigenvalue weighted by atomic mass is 32.1. The third-order valence-electron chi connectivity index (χ3n) is 5.22. The van der Waals surface area contributed by atoms with Gasteiger partial charge in [-0.05, 0) is 38.2 Å². The lowest BCUT2D eigenvalue weighted by molar-refractivity contribution is -0.120. The van der Waals surface area contributed by atoms with E-state index < -0.39 is 5.97 Å². The van der Waals surface area contributed by atoms with Crippen molar-refractivity contribution in [1.29, 1.82) is 0 Å². The number of thiophene rings is 1. The number of likely N-dealkylation sites (tertiary alicyclic amines) is 1. The fourth-order valence-corrected chi connectivity index (χ4v) is 5.08. The Kier molecular flexibility index (Phi) is 5.62. The lowest BCUT2D eigenvalue weighted by atomic mass is 9.92. The van der Waals surface area contributed by atoms with Crippen LogP contribution in [0.25, 0.3) is 0 Å². The molecule has 0 aromatic carbocycles. The number of fused-ring (bicyclic) bond motifs is 1. The zero-order valence-electron chi connectivity index (χ0n) is 15.4. The van der Waals surface area contributed by atoms with Crippen molar-refractivity contribution in [2.75, 3.05) is 32.1 Å². The molecule has 2 atom stereocenters. The summed E-state index contributed by atoms with van der Waals surface area (Å²) < 4.78 is 5.10. The summed E-state index contributed by atoms with van der Waals surface area (Å²) in [5.41, 5.74) is 0.800. The number of hydrogen-bond acceptors (Lipinski definition) is 6. The van der Waals surface area contributed by atoms with Gasteiger partial charge in [0.15, 0.2) is 0 Å². The molecule has 3 rings (SSSR count). The van der Waals surface area contributed by atoms with E-state index in [2.05, 4.69) is 15.5 Å². The van der Waals surface area contributed by atoms with Gasteiger partial charge in [-0.1, -0.05) is 6.42 Å². The van der Waals surface area contributed by atoms with E-state index in [0.29, 0.717) is 28.0 Å². The molecule has 1 aliphatic heterocycles. The topological polar surface area (TPSA) is 87.7 Å². The summed E-state index contributed by atoms with van der Waals surface area (Å²) in [7, 11) is 1.53. The zero-order valence-corrected chi connectivity index (χ0v) is 16.2. The maximum atomic E-state index is 12.5. The Bertz CT molecular complexity index is 730. The van der Waals surface area contributed by atoms with Crippen LogP contribution >= 0.6 is 11.3 Å². The van der Waals surface area contributed by atoms with E-state index in [1.165, 1.54) is 19.9 Å². The van der Waals surface area contributed by atoms with Gasteiger partial charge < -0.3 is 15.4 Å². The number of carbonyl (C=O) groups excluding carboxylic acids is 3. The molecule has 1 saturated carbocycles. The lowest BCUT2D eigenvalue weighted by Crippen LogP contribution is -2.55. The Hall–Kier alpha value is -1.93. The van der Waals surface area contributed by atoms with Gasteiger partial charge in [0.25, 0.3) is 5.91 Å². The first kappa shape index (κ1) is 18.8. The van der Waals surface area contributed by atoms with Gasteiger partial charge in [0, 0.05) is 19.6 Å². The van der Waals surface area contributed by atoms with Crippen LogP contribution in [-0.4, -0.2) is 55.5 Å². The summed E-state index contributed by atoms with van der Waals surface area (Å²) in [6, 6.07) is 0.525. The number of hydrogen-bond donors (Lipinski definition) is 2. The van der Waals surface area contributed by atoms with E-state index in [1.807, 2.05) is 0 Å². The molecule has 1 aromatic rings. The molecule has 0 radical (unpaired) electrons. The van der Waals surface area contributed by atoms with Crippen LogP contribution in [-0.2, 0) is 9.53 Å². The average Bonchev–Trinajstić information content (AvgIpc) is 3.12. The van der Waals surface area contributed by atoms with Crippen molar-refractivity contribution < 1.29 is 19.1 Å². The second-order valence-corrected chi connectivity index (χ2v) is 7.82. The first-order chi connectivity index (χ1) is 12.5. The number of carbonyl (C=O) groups is 3. The number of amides is 2. The van der Waals surface area contributed by atoms with Crippen molar-refractivity contribution in [3.05, 3.63) is 16.0 Å².